The molecule has 0 aliphatic carbocycles. The predicted octanol–water partition coefficient (Wildman–Crippen LogP) is 4.87. The molecule has 5 rings (SSSR count). The van der Waals surface area contributed by atoms with Crippen LogP contribution in [0.3, 0.4) is 0 Å². The number of aromatic amines is 1. The first-order valence-corrected chi connectivity index (χ1v) is 12.2. The zero-order valence-electron chi connectivity index (χ0n) is 20.9. The minimum atomic E-state index is 0.271. The van der Waals surface area contributed by atoms with E-state index >= 15 is 0 Å². The Hall–Kier alpha value is -4.09. The van der Waals surface area contributed by atoms with E-state index in [1.807, 2.05) is 53.5 Å². The molecule has 11 heteroatoms. The topological polar surface area (TPSA) is 117 Å². The van der Waals surface area contributed by atoms with Crippen molar-refractivity contribution >= 4 is 34.8 Å². The molecule has 2 aromatic carbocycles. The fourth-order valence-corrected chi connectivity index (χ4v) is 4.45. The SMILES string of the molecule is COc1ccc(-c2cc(-c3ccc(N=NN4CCN(C)CC4)cc3)nc3nc(=S)[nH]c(N)c23)cc1OC. The molecule has 37 heavy (non-hydrogen) atoms. The van der Waals surface area contributed by atoms with Crippen molar-refractivity contribution in [1.29, 1.82) is 0 Å². The molecule has 0 amide bonds. The van der Waals surface area contributed by atoms with E-state index in [0.717, 1.165) is 54.3 Å². The number of hydrogen-bond donors (Lipinski definition) is 2. The number of methoxy groups -OCH3 is 2. The van der Waals surface area contributed by atoms with Crippen molar-refractivity contribution in [1.82, 2.24) is 24.9 Å². The van der Waals surface area contributed by atoms with E-state index in [1.165, 1.54) is 0 Å². The van der Waals surface area contributed by atoms with Crippen molar-refractivity contribution in [2.75, 3.05) is 53.2 Å². The normalized spacial score (nSPS) is 14.4. The van der Waals surface area contributed by atoms with Crippen LogP contribution in [0.2, 0.25) is 0 Å². The Balaban J connectivity index is 1.54. The van der Waals surface area contributed by atoms with Gasteiger partial charge in [-0.3, -0.25) is 5.01 Å². The van der Waals surface area contributed by atoms with Gasteiger partial charge in [-0.25, -0.2) is 4.98 Å². The number of aromatic nitrogens is 3. The number of fused-ring (bicyclic) bond motifs is 1. The summed E-state index contributed by atoms with van der Waals surface area (Å²) in [6, 6.07) is 15.5. The fraction of sp³-hybridized carbons (Fsp3) is 0.269. The standard InChI is InChI=1S/C26H28N8O2S/c1-33-10-12-34(13-11-33)32-31-18-7-4-16(5-8-18)20-15-19(17-6-9-21(35-2)22(14-17)36-3)23-24(27)29-26(37)30-25(23)28-20/h4-9,14-15H,10-13H2,1-3H3,(H3,27,28,29,30,37). The molecule has 0 unspecified atom stereocenters. The number of pyridine rings is 1. The molecule has 2 aromatic heterocycles. The maximum absolute atomic E-state index is 6.35. The van der Waals surface area contributed by atoms with E-state index in [2.05, 4.69) is 32.3 Å². The lowest BCUT2D eigenvalue weighted by Crippen LogP contribution is -2.41. The number of hydrogen-bond acceptors (Lipinski definition) is 9. The van der Waals surface area contributed by atoms with Crippen LogP contribution >= 0.6 is 12.2 Å². The number of nitrogens with one attached hydrogen (secondary N) is 1. The molecule has 1 saturated heterocycles. The number of nitrogens with two attached hydrogens (primary N) is 1. The molecule has 1 fully saturated rings. The smallest absolute Gasteiger partial charge is 0.200 e. The van der Waals surface area contributed by atoms with Gasteiger partial charge in [-0.2, -0.15) is 4.98 Å². The average Bonchev–Trinajstić information content (AvgIpc) is 2.91. The van der Waals surface area contributed by atoms with E-state index < -0.39 is 0 Å². The summed E-state index contributed by atoms with van der Waals surface area (Å²) in [5.74, 6) is 1.65. The number of nitrogen functional groups attached to an aromatic ring is 1. The maximum Gasteiger partial charge on any atom is 0.200 e. The van der Waals surface area contributed by atoms with E-state index in [4.69, 9.17) is 32.4 Å². The van der Waals surface area contributed by atoms with E-state index in [0.29, 0.717) is 28.4 Å². The van der Waals surface area contributed by atoms with Crippen LogP contribution in [0.1, 0.15) is 0 Å². The van der Waals surface area contributed by atoms with Gasteiger partial charge in [-0.05, 0) is 60.7 Å². The average molecular weight is 517 g/mol. The van der Waals surface area contributed by atoms with Crippen LogP contribution < -0.4 is 15.2 Å². The Kier molecular flexibility index (Phi) is 6.97. The molecule has 10 nitrogen and oxygen atoms in total. The number of nitrogens with zero attached hydrogens (tertiary/aromatic N) is 6. The van der Waals surface area contributed by atoms with Crippen LogP contribution in [0.5, 0.6) is 11.5 Å². The van der Waals surface area contributed by atoms with Crippen LogP contribution in [0.15, 0.2) is 58.9 Å². The first kappa shape index (κ1) is 24.6. The van der Waals surface area contributed by atoms with Crippen LogP contribution in [0.4, 0.5) is 11.5 Å². The zero-order chi connectivity index (χ0) is 25.9. The first-order valence-electron chi connectivity index (χ1n) is 11.8. The van der Waals surface area contributed by atoms with Gasteiger partial charge in [-0.15, -0.1) is 5.11 Å². The number of piperazine rings is 1. The number of ether oxygens (including phenoxy) is 2. The third-order valence-corrected chi connectivity index (χ3v) is 6.54. The highest BCUT2D eigenvalue weighted by Crippen LogP contribution is 2.38. The lowest BCUT2D eigenvalue weighted by atomic mass is 9.99. The summed E-state index contributed by atoms with van der Waals surface area (Å²) in [5, 5.41) is 11.5. The molecule has 0 radical (unpaired) electrons. The Morgan fingerprint density at radius 3 is 2.32 bits per heavy atom. The van der Waals surface area contributed by atoms with Crippen molar-refractivity contribution in [2.45, 2.75) is 0 Å². The highest BCUT2D eigenvalue weighted by Gasteiger charge is 2.16. The van der Waals surface area contributed by atoms with Crippen LogP contribution in [-0.4, -0.2) is 72.3 Å². The van der Waals surface area contributed by atoms with Gasteiger partial charge < -0.3 is 25.1 Å². The summed E-state index contributed by atoms with van der Waals surface area (Å²) in [6.45, 7) is 3.71. The summed E-state index contributed by atoms with van der Waals surface area (Å²) in [7, 11) is 5.32. The second kappa shape index (κ2) is 10.5. The molecule has 4 aromatic rings. The molecule has 3 heterocycles. The molecule has 1 aliphatic heterocycles. The minimum absolute atomic E-state index is 0.271. The van der Waals surface area contributed by atoms with Gasteiger partial charge in [0.15, 0.2) is 21.9 Å². The van der Waals surface area contributed by atoms with Crippen LogP contribution in [-0.2, 0) is 0 Å². The van der Waals surface area contributed by atoms with Gasteiger partial charge in [0.1, 0.15) is 5.82 Å². The number of benzene rings is 2. The van der Waals surface area contributed by atoms with Gasteiger partial charge in [-0.1, -0.05) is 23.4 Å². The Labute approximate surface area is 219 Å². The van der Waals surface area contributed by atoms with Crippen molar-refractivity contribution in [3.63, 3.8) is 0 Å². The third kappa shape index (κ3) is 5.23. The Morgan fingerprint density at radius 2 is 1.62 bits per heavy atom. The predicted molar refractivity (Wildman–Crippen MR) is 147 cm³/mol. The highest BCUT2D eigenvalue weighted by molar-refractivity contribution is 7.71. The second-order valence-electron chi connectivity index (χ2n) is 8.77. The Morgan fingerprint density at radius 1 is 0.919 bits per heavy atom. The maximum atomic E-state index is 6.35. The highest BCUT2D eigenvalue weighted by atomic mass is 32.1. The fourth-order valence-electron chi connectivity index (χ4n) is 4.26. The minimum Gasteiger partial charge on any atom is -0.493 e. The van der Waals surface area contributed by atoms with E-state index in [-0.39, 0.29) is 4.77 Å². The van der Waals surface area contributed by atoms with Crippen molar-refractivity contribution in [3.05, 3.63) is 53.3 Å². The Bertz CT molecular complexity index is 1510. The van der Waals surface area contributed by atoms with Gasteiger partial charge in [0.05, 0.1) is 44.1 Å². The molecule has 1 aliphatic rings. The van der Waals surface area contributed by atoms with Gasteiger partial charge in [0.2, 0.25) is 0 Å². The summed E-state index contributed by atoms with van der Waals surface area (Å²) >= 11 is 5.27. The third-order valence-electron chi connectivity index (χ3n) is 6.34. The summed E-state index contributed by atoms with van der Waals surface area (Å²) in [4.78, 5) is 14.5. The zero-order valence-corrected chi connectivity index (χ0v) is 21.7. The molecule has 0 saturated carbocycles. The monoisotopic (exact) mass is 516 g/mol. The number of H-pyrrole nitrogens is 1. The summed E-state index contributed by atoms with van der Waals surface area (Å²) in [5.41, 5.74) is 10.9. The summed E-state index contributed by atoms with van der Waals surface area (Å²) in [6.07, 6.45) is 0. The molecule has 0 atom stereocenters. The molecular formula is C26H28N8O2S. The van der Waals surface area contributed by atoms with Gasteiger partial charge in [0.25, 0.3) is 0 Å². The second-order valence-corrected chi connectivity index (χ2v) is 9.16. The van der Waals surface area contributed by atoms with Crippen molar-refractivity contribution in [3.8, 4) is 33.9 Å². The number of anilines is 1. The lowest BCUT2D eigenvalue weighted by Gasteiger charge is -2.29. The van der Waals surface area contributed by atoms with Crippen molar-refractivity contribution < 1.29 is 9.47 Å². The quantitative estimate of drug-likeness (QED) is 0.275. The lowest BCUT2D eigenvalue weighted by molar-refractivity contribution is 0.150. The number of rotatable bonds is 6. The van der Waals surface area contributed by atoms with Crippen LogP contribution in [0, 0.1) is 4.77 Å². The number of likely N-dealkylation sites (N-methyl/N-ethyl adjacent to an activating group) is 1. The van der Waals surface area contributed by atoms with Gasteiger partial charge in [0, 0.05) is 18.7 Å². The molecule has 0 spiro atoms. The van der Waals surface area contributed by atoms with Gasteiger partial charge >= 0.3 is 0 Å². The first-order chi connectivity index (χ1) is 17.9. The van der Waals surface area contributed by atoms with E-state index in [1.54, 1.807) is 14.2 Å². The molecule has 0 bridgehead atoms. The summed E-state index contributed by atoms with van der Waals surface area (Å²) < 4.78 is 11.2. The van der Waals surface area contributed by atoms with Crippen LogP contribution in [0.25, 0.3) is 33.4 Å². The van der Waals surface area contributed by atoms with E-state index in [9.17, 15) is 0 Å². The van der Waals surface area contributed by atoms with Crippen molar-refractivity contribution in [2.24, 2.45) is 10.3 Å². The molecular weight excluding hydrogens is 488 g/mol. The molecule has 3 N–H and O–H groups in total. The molecule has 190 valence electrons. The largest absolute Gasteiger partial charge is 0.493 e.